The van der Waals surface area contributed by atoms with Crippen LogP contribution in [0, 0.1) is 50.7 Å². The maximum absolute atomic E-state index is 13.2. The van der Waals surface area contributed by atoms with Crippen molar-refractivity contribution in [1.82, 2.24) is 0 Å². The van der Waals surface area contributed by atoms with Crippen LogP contribution < -0.4 is 0 Å². The lowest BCUT2D eigenvalue weighted by Gasteiger charge is -2.68. The van der Waals surface area contributed by atoms with Gasteiger partial charge in [0.1, 0.15) is 6.10 Å². The molecule has 0 bridgehead atoms. The van der Waals surface area contributed by atoms with Crippen molar-refractivity contribution in [2.45, 2.75) is 241 Å². The van der Waals surface area contributed by atoms with Gasteiger partial charge in [0.25, 0.3) is 0 Å². The van der Waals surface area contributed by atoms with Crippen LogP contribution in [0.3, 0.4) is 0 Å². The predicted molar refractivity (Wildman–Crippen MR) is 219 cm³/mol. The SMILES string of the molecule is CCCCCCCCCCCCCCCCCCCC(=O)O[C@H]1CC[C@]2(C)[C@H]3CC[C@H]4C(=CC[C@@]5(C)CCC(C)(C)C[C@@H]45)[C@]3(C)CC[C@H]2C1(C)C. The average molecular weight is 707 g/mol. The van der Waals surface area contributed by atoms with Crippen LogP contribution in [0.4, 0.5) is 0 Å². The van der Waals surface area contributed by atoms with Gasteiger partial charge in [-0.25, -0.2) is 0 Å². The number of carbonyl (C=O) groups excluding carboxylic acids is 1. The molecule has 0 spiro atoms. The molecule has 294 valence electrons. The minimum absolute atomic E-state index is 0.0436. The summed E-state index contributed by atoms with van der Waals surface area (Å²) in [5, 5.41) is 0. The number of fused-ring (bicyclic) bond motifs is 7. The van der Waals surface area contributed by atoms with Gasteiger partial charge in [0.15, 0.2) is 0 Å². The molecule has 0 aromatic carbocycles. The van der Waals surface area contributed by atoms with Crippen molar-refractivity contribution in [3.63, 3.8) is 0 Å². The Morgan fingerprint density at radius 3 is 1.80 bits per heavy atom. The van der Waals surface area contributed by atoms with Gasteiger partial charge in [0, 0.05) is 11.8 Å². The fraction of sp³-hybridized carbons (Fsp3) is 0.939. The number of hydrogen-bond acceptors (Lipinski definition) is 2. The van der Waals surface area contributed by atoms with Gasteiger partial charge in [0.2, 0.25) is 0 Å². The van der Waals surface area contributed by atoms with Gasteiger partial charge in [-0.3, -0.25) is 4.79 Å². The van der Waals surface area contributed by atoms with Crippen LogP contribution in [0.15, 0.2) is 11.6 Å². The van der Waals surface area contributed by atoms with Crippen molar-refractivity contribution in [3.05, 3.63) is 11.6 Å². The highest BCUT2D eigenvalue weighted by Crippen LogP contribution is 2.72. The van der Waals surface area contributed by atoms with E-state index in [2.05, 4.69) is 61.5 Å². The van der Waals surface area contributed by atoms with Crippen molar-refractivity contribution in [2.24, 2.45) is 50.7 Å². The monoisotopic (exact) mass is 707 g/mol. The zero-order valence-electron chi connectivity index (χ0n) is 35.6. The summed E-state index contributed by atoms with van der Waals surface area (Å²) in [4.78, 5) is 13.2. The fourth-order valence-corrected chi connectivity index (χ4v) is 13.6. The number of ether oxygens (including phenoxy) is 1. The summed E-state index contributed by atoms with van der Waals surface area (Å²) in [5.74, 6) is 3.15. The Hall–Kier alpha value is -0.790. The normalized spacial score (nSPS) is 36.6. The molecule has 0 aromatic rings. The number of esters is 1. The van der Waals surface area contributed by atoms with Crippen LogP contribution in [0.1, 0.15) is 235 Å². The molecule has 5 rings (SSSR count). The van der Waals surface area contributed by atoms with Crippen molar-refractivity contribution in [1.29, 1.82) is 0 Å². The first-order valence-electron chi connectivity index (χ1n) is 23.2. The molecule has 0 radical (unpaired) electrons. The second-order valence-electron chi connectivity index (χ2n) is 21.5. The van der Waals surface area contributed by atoms with E-state index in [1.165, 1.54) is 161 Å². The molecule has 5 aliphatic carbocycles. The van der Waals surface area contributed by atoms with E-state index in [9.17, 15) is 4.79 Å². The summed E-state index contributed by atoms with van der Waals surface area (Å²) in [6.45, 7) is 20.3. The van der Waals surface area contributed by atoms with Crippen molar-refractivity contribution >= 4 is 5.97 Å². The van der Waals surface area contributed by atoms with Gasteiger partial charge in [-0.2, -0.15) is 0 Å². The second kappa shape index (κ2) is 17.8. The highest BCUT2D eigenvalue weighted by molar-refractivity contribution is 5.69. The molecule has 0 aromatic heterocycles. The van der Waals surface area contributed by atoms with Gasteiger partial charge >= 0.3 is 5.97 Å². The maximum atomic E-state index is 13.2. The molecule has 0 saturated heterocycles. The van der Waals surface area contributed by atoms with E-state index in [4.69, 9.17) is 4.74 Å². The van der Waals surface area contributed by atoms with Crippen LogP contribution in [-0.2, 0) is 9.53 Å². The molecule has 0 heterocycles. The van der Waals surface area contributed by atoms with E-state index in [-0.39, 0.29) is 17.5 Å². The van der Waals surface area contributed by atoms with Gasteiger partial charge in [-0.1, -0.05) is 170 Å². The number of unbranched alkanes of at least 4 members (excludes halogenated alkanes) is 16. The Kier molecular flexibility index (Phi) is 14.4. The molecule has 4 saturated carbocycles. The lowest BCUT2D eigenvalue weighted by molar-refractivity contribution is -0.196. The third kappa shape index (κ3) is 9.54. The molecule has 4 fully saturated rings. The largest absolute Gasteiger partial charge is 0.462 e. The van der Waals surface area contributed by atoms with Gasteiger partial charge in [-0.05, 0) is 116 Å². The third-order valence-electron chi connectivity index (χ3n) is 16.9. The van der Waals surface area contributed by atoms with E-state index in [1.54, 1.807) is 0 Å². The van der Waals surface area contributed by atoms with Gasteiger partial charge < -0.3 is 4.74 Å². The smallest absolute Gasteiger partial charge is 0.306 e. The van der Waals surface area contributed by atoms with Crippen molar-refractivity contribution in [3.8, 4) is 0 Å². The molecule has 0 amide bonds. The van der Waals surface area contributed by atoms with E-state index < -0.39 is 0 Å². The summed E-state index contributed by atoms with van der Waals surface area (Å²) >= 11 is 0. The zero-order valence-corrected chi connectivity index (χ0v) is 35.6. The highest BCUT2D eigenvalue weighted by atomic mass is 16.5. The summed E-state index contributed by atoms with van der Waals surface area (Å²) in [6, 6.07) is 0. The Morgan fingerprint density at radius 1 is 0.647 bits per heavy atom. The van der Waals surface area contributed by atoms with Crippen LogP contribution in [0.2, 0.25) is 0 Å². The Morgan fingerprint density at radius 2 is 1.22 bits per heavy atom. The van der Waals surface area contributed by atoms with Crippen LogP contribution in [-0.4, -0.2) is 12.1 Å². The molecule has 2 heteroatoms. The summed E-state index contributed by atoms with van der Waals surface area (Å²) < 4.78 is 6.42. The molecule has 5 aliphatic rings. The number of hydrogen-bond donors (Lipinski definition) is 0. The van der Waals surface area contributed by atoms with E-state index in [0.29, 0.717) is 34.0 Å². The quantitative estimate of drug-likeness (QED) is 0.0759. The standard InChI is InChI=1S/C49H86O2/c1-9-10-11-12-13-14-15-16-17-18-19-20-21-22-23-24-25-26-44(50)51-43-31-34-49(8)41(46(43,4)5)30-33-48(7)39-29-32-47(6)36-35-45(2,3)37-40(47)38(39)27-28-42(48)49/h29,38,40-43H,9-28,30-37H2,1-8H3/t38-,40-,41-,42-,43-,47-,48-,49-/m0/s1. The third-order valence-corrected chi connectivity index (χ3v) is 16.9. The maximum Gasteiger partial charge on any atom is 0.306 e. The lowest BCUT2D eigenvalue weighted by atomic mass is 9.37. The zero-order chi connectivity index (χ0) is 36.8. The predicted octanol–water partition coefficient (Wildman–Crippen LogP) is 15.4. The summed E-state index contributed by atoms with van der Waals surface area (Å²) in [7, 11) is 0. The van der Waals surface area contributed by atoms with Crippen LogP contribution in [0.5, 0.6) is 0 Å². The topological polar surface area (TPSA) is 26.3 Å². The van der Waals surface area contributed by atoms with Crippen LogP contribution in [0.25, 0.3) is 0 Å². The first-order chi connectivity index (χ1) is 24.3. The average Bonchev–Trinajstić information content (AvgIpc) is 3.07. The first kappa shape index (κ1) is 41.4. The summed E-state index contributed by atoms with van der Waals surface area (Å²) in [6.07, 6.45) is 40.0. The Labute approximate surface area is 318 Å². The number of allylic oxidation sites excluding steroid dienone is 2. The molecule has 0 unspecified atom stereocenters. The van der Waals surface area contributed by atoms with Gasteiger partial charge in [0.05, 0.1) is 0 Å². The molecule has 0 N–H and O–H groups in total. The number of carbonyl (C=O) groups is 1. The van der Waals surface area contributed by atoms with Crippen molar-refractivity contribution < 1.29 is 9.53 Å². The van der Waals surface area contributed by atoms with E-state index in [1.807, 2.05) is 5.57 Å². The van der Waals surface area contributed by atoms with E-state index in [0.717, 1.165) is 30.6 Å². The molecule has 51 heavy (non-hydrogen) atoms. The van der Waals surface area contributed by atoms with Crippen LogP contribution >= 0.6 is 0 Å². The Bertz CT molecular complexity index is 1130. The fourth-order valence-electron chi connectivity index (χ4n) is 13.6. The Balaban J connectivity index is 1.00. The first-order valence-corrected chi connectivity index (χ1v) is 23.2. The molecular formula is C49H86O2. The van der Waals surface area contributed by atoms with E-state index >= 15 is 0 Å². The molecule has 0 aliphatic heterocycles. The second-order valence-corrected chi connectivity index (χ2v) is 21.5. The summed E-state index contributed by atoms with van der Waals surface area (Å²) in [5.41, 5.74) is 3.64. The lowest BCUT2D eigenvalue weighted by Crippen LogP contribution is -2.61. The number of rotatable bonds is 19. The molecule has 8 atom stereocenters. The highest BCUT2D eigenvalue weighted by Gasteiger charge is 2.64. The molecule has 2 nitrogen and oxygen atoms in total. The van der Waals surface area contributed by atoms with Crippen molar-refractivity contribution in [2.75, 3.05) is 0 Å². The minimum atomic E-state index is 0.0436. The molecular weight excluding hydrogens is 621 g/mol. The minimum Gasteiger partial charge on any atom is -0.462 e. The van der Waals surface area contributed by atoms with Gasteiger partial charge in [-0.15, -0.1) is 0 Å².